The van der Waals surface area contributed by atoms with E-state index in [2.05, 4.69) is 35.8 Å². The molecule has 3 aromatic rings. The Morgan fingerprint density at radius 2 is 2.00 bits per heavy atom. The Bertz CT molecular complexity index is 827. The number of nitrogens with zero attached hydrogens (tertiary/aromatic N) is 4. The van der Waals surface area contributed by atoms with Crippen LogP contribution in [-0.4, -0.2) is 34.1 Å². The lowest BCUT2D eigenvalue weighted by atomic mass is 10.3. The Morgan fingerprint density at radius 3 is 2.87 bits per heavy atom. The van der Waals surface area contributed by atoms with Gasteiger partial charge in [0, 0.05) is 35.5 Å². The maximum Gasteiger partial charge on any atom is 0.233 e. The van der Waals surface area contributed by atoms with E-state index in [1.54, 1.807) is 6.20 Å². The minimum Gasteiger partial charge on any atom is -0.471 e. The quantitative estimate of drug-likeness (QED) is 0.706. The van der Waals surface area contributed by atoms with Gasteiger partial charge in [-0.15, -0.1) is 0 Å². The molecule has 1 saturated heterocycles. The molecule has 2 aromatic heterocycles. The van der Waals surface area contributed by atoms with Crippen LogP contribution in [0.1, 0.15) is 6.42 Å². The summed E-state index contributed by atoms with van der Waals surface area (Å²) in [5.74, 6) is 0.585. The molecule has 4 rings (SSSR count). The number of hydrogen-bond donors (Lipinski definition) is 0. The Hall–Kier alpha value is -2.21. The van der Waals surface area contributed by atoms with Gasteiger partial charge in [-0.1, -0.05) is 15.9 Å². The molecule has 6 heteroatoms. The normalized spacial score (nSPS) is 17.6. The predicted molar refractivity (Wildman–Crippen MR) is 92.7 cm³/mol. The van der Waals surface area contributed by atoms with E-state index in [1.807, 2.05) is 42.7 Å². The van der Waals surface area contributed by atoms with Crippen LogP contribution in [0.25, 0.3) is 11.0 Å². The van der Waals surface area contributed by atoms with Crippen LogP contribution in [0.5, 0.6) is 5.88 Å². The summed E-state index contributed by atoms with van der Waals surface area (Å²) in [5, 5.41) is 0. The summed E-state index contributed by atoms with van der Waals surface area (Å²) in [6, 6.07) is 9.90. The van der Waals surface area contributed by atoms with Gasteiger partial charge >= 0.3 is 0 Å². The smallest absolute Gasteiger partial charge is 0.233 e. The van der Waals surface area contributed by atoms with Gasteiger partial charge in [0.15, 0.2) is 0 Å². The number of aromatic nitrogens is 3. The molecule has 0 amide bonds. The van der Waals surface area contributed by atoms with Crippen molar-refractivity contribution in [1.82, 2.24) is 15.0 Å². The van der Waals surface area contributed by atoms with Crippen molar-refractivity contribution in [3.8, 4) is 5.88 Å². The highest BCUT2D eigenvalue weighted by molar-refractivity contribution is 9.10. The minimum absolute atomic E-state index is 0.130. The molecule has 5 nitrogen and oxygen atoms in total. The van der Waals surface area contributed by atoms with E-state index < -0.39 is 0 Å². The summed E-state index contributed by atoms with van der Waals surface area (Å²) < 4.78 is 7.02. The molecule has 1 aliphatic heterocycles. The van der Waals surface area contributed by atoms with Crippen LogP contribution in [-0.2, 0) is 0 Å². The fraction of sp³-hybridized carbons (Fsp3) is 0.235. The lowest BCUT2D eigenvalue weighted by molar-refractivity contribution is 0.216. The zero-order chi connectivity index (χ0) is 15.6. The van der Waals surface area contributed by atoms with Crippen LogP contribution in [0.15, 0.2) is 53.4 Å². The summed E-state index contributed by atoms with van der Waals surface area (Å²) >= 11 is 3.44. The van der Waals surface area contributed by atoms with E-state index in [0.29, 0.717) is 5.88 Å². The van der Waals surface area contributed by atoms with E-state index in [9.17, 15) is 0 Å². The van der Waals surface area contributed by atoms with Crippen LogP contribution in [0.3, 0.4) is 0 Å². The van der Waals surface area contributed by atoms with Gasteiger partial charge in [0.05, 0.1) is 23.8 Å². The van der Waals surface area contributed by atoms with Gasteiger partial charge < -0.3 is 9.64 Å². The summed E-state index contributed by atoms with van der Waals surface area (Å²) in [7, 11) is 0. The molecular weight excluding hydrogens is 356 g/mol. The molecule has 0 N–H and O–H groups in total. The number of pyridine rings is 1. The van der Waals surface area contributed by atoms with Crippen LogP contribution in [0.4, 0.5) is 5.69 Å². The van der Waals surface area contributed by atoms with E-state index in [4.69, 9.17) is 4.74 Å². The number of ether oxygens (including phenoxy) is 1. The van der Waals surface area contributed by atoms with Crippen molar-refractivity contribution in [1.29, 1.82) is 0 Å². The second kappa shape index (κ2) is 6.12. The molecule has 3 heterocycles. The van der Waals surface area contributed by atoms with Crippen LogP contribution >= 0.6 is 15.9 Å². The Labute approximate surface area is 142 Å². The molecule has 1 aliphatic rings. The van der Waals surface area contributed by atoms with Crippen LogP contribution in [0.2, 0.25) is 0 Å². The first-order chi connectivity index (χ1) is 11.3. The third kappa shape index (κ3) is 3.12. The van der Waals surface area contributed by atoms with E-state index in [1.165, 1.54) is 5.69 Å². The van der Waals surface area contributed by atoms with Crippen molar-refractivity contribution < 1.29 is 4.74 Å². The highest BCUT2D eigenvalue weighted by Crippen LogP contribution is 2.23. The average Bonchev–Trinajstić information content (AvgIpc) is 3.04. The Balaban J connectivity index is 1.47. The van der Waals surface area contributed by atoms with Gasteiger partial charge in [0.25, 0.3) is 0 Å². The highest BCUT2D eigenvalue weighted by Gasteiger charge is 2.24. The van der Waals surface area contributed by atoms with Crippen molar-refractivity contribution in [2.45, 2.75) is 12.5 Å². The molecule has 116 valence electrons. The van der Waals surface area contributed by atoms with Gasteiger partial charge in [-0.05, 0) is 30.3 Å². The van der Waals surface area contributed by atoms with Crippen molar-refractivity contribution in [3.05, 3.63) is 53.4 Å². The van der Waals surface area contributed by atoms with E-state index >= 15 is 0 Å². The summed E-state index contributed by atoms with van der Waals surface area (Å²) in [5.41, 5.74) is 2.88. The molecule has 1 atom stereocenters. The largest absolute Gasteiger partial charge is 0.471 e. The number of halogens is 1. The summed E-state index contributed by atoms with van der Waals surface area (Å²) in [6.45, 7) is 1.83. The average molecular weight is 371 g/mol. The van der Waals surface area contributed by atoms with Gasteiger partial charge in [-0.3, -0.25) is 4.98 Å². The Morgan fingerprint density at radius 1 is 1.13 bits per heavy atom. The third-order valence-corrected chi connectivity index (χ3v) is 4.44. The minimum atomic E-state index is 0.130. The number of rotatable bonds is 3. The molecule has 0 radical (unpaired) electrons. The van der Waals surface area contributed by atoms with Crippen molar-refractivity contribution in [3.63, 3.8) is 0 Å². The molecular formula is C17H15BrN4O. The molecule has 0 spiro atoms. The SMILES string of the molecule is Brc1ccc2nc(OC3CCN(c4ccncc4)C3)cnc2c1. The first-order valence-corrected chi connectivity index (χ1v) is 8.31. The van der Waals surface area contributed by atoms with Crippen molar-refractivity contribution in [2.24, 2.45) is 0 Å². The van der Waals surface area contributed by atoms with Crippen LogP contribution in [0, 0.1) is 0 Å². The maximum atomic E-state index is 6.02. The molecule has 0 aliphatic carbocycles. The zero-order valence-corrected chi connectivity index (χ0v) is 14.0. The highest BCUT2D eigenvalue weighted by atomic mass is 79.9. The zero-order valence-electron chi connectivity index (χ0n) is 12.4. The van der Waals surface area contributed by atoms with Crippen LogP contribution < -0.4 is 9.64 Å². The third-order valence-electron chi connectivity index (χ3n) is 3.94. The van der Waals surface area contributed by atoms with Gasteiger partial charge in [0.1, 0.15) is 6.10 Å². The Kier molecular flexibility index (Phi) is 3.83. The lowest BCUT2D eigenvalue weighted by Crippen LogP contribution is -2.24. The molecule has 1 fully saturated rings. The molecule has 0 saturated carbocycles. The second-order valence-electron chi connectivity index (χ2n) is 5.52. The topological polar surface area (TPSA) is 51.1 Å². The number of fused-ring (bicyclic) bond motifs is 1. The predicted octanol–water partition coefficient (Wildman–Crippen LogP) is 3.45. The van der Waals surface area contributed by atoms with E-state index in [-0.39, 0.29) is 6.10 Å². The van der Waals surface area contributed by atoms with Gasteiger partial charge in [-0.25, -0.2) is 9.97 Å². The number of anilines is 1. The number of benzene rings is 1. The molecule has 23 heavy (non-hydrogen) atoms. The van der Waals surface area contributed by atoms with Crippen molar-refractivity contribution in [2.75, 3.05) is 18.0 Å². The standard InChI is InChI=1S/C17H15BrN4O/c18-12-1-2-15-16(9-12)20-10-17(21-15)23-14-5-8-22(11-14)13-3-6-19-7-4-13/h1-4,6-7,9-10,14H,5,8,11H2. The fourth-order valence-electron chi connectivity index (χ4n) is 2.81. The lowest BCUT2D eigenvalue weighted by Gasteiger charge is -2.18. The van der Waals surface area contributed by atoms with Gasteiger partial charge in [-0.2, -0.15) is 0 Å². The first-order valence-electron chi connectivity index (χ1n) is 7.52. The number of hydrogen-bond acceptors (Lipinski definition) is 5. The molecule has 0 bridgehead atoms. The second-order valence-corrected chi connectivity index (χ2v) is 6.44. The fourth-order valence-corrected chi connectivity index (χ4v) is 3.16. The first kappa shape index (κ1) is 14.4. The summed E-state index contributed by atoms with van der Waals surface area (Å²) in [6.07, 6.45) is 6.43. The maximum absolute atomic E-state index is 6.02. The summed E-state index contributed by atoms with van der Waals surface area (Å²) in [4.78, 5) is 15.3. The monoisotopic (exact) mass is 370 g/mol. The molecule has 1 aromatic carbocycles. The molecule has 1 unspecified atom stereocenters. The van der Waals surface area contributed by atoms with Crippen molar-refractivity contribution >= 4 is 32.7 Å². The van der Waals surface area contributed by atoms with Gasteiger partial charge in [0.2, 0.25) is 5.88 Å². The van der Waals surface area contributed by atoms with E-state index in [0.717, 1.165) is 35.0 Å².